The van der Waals surface area contributed by atoms with Crippen molar-refractivity contribution in [2.45, 2.75) is 0 Å². The van der Waals surface area contributed by atoms with Crippen LogP contribution in [0.4, 0.5) is 15.2 Å². The number of hydrogen-bond donors (Lipinski definition) is 0. The number of methoxy groups -OCH3 is 2. The van der Waals surface area contributed by atoms with Crippen LogP contribution in [0.1, 0.15) is 5.56 Å². The van der Waals surface area contributed by atoms with Gasteiger partial charge >= 0.3 is 0 Å². The molecule has 0 aliphatic rings. The summed E-state index contributed by atoms with van der Waals surface area (Å²) in [6.07, 6.45) is 1.68. The summed E-state index contributed by atoms with van der Waals surface area (Å²) < 4.78 is 23.9. The zero-order valence-corrected chi connectivity index (χ0v) is 17.8. The molecule has 0 N–H and O–H groups in total. The van der Waals surface area contributed by atoms with Crippen LogP contribution in [0, 0.1) is 5.82 Å². The predicted octanol–water partition coefficient (Wildman–Crippen LogP) is 6.14. The van der Waals surface area contributed by atoms with Crippen LogP contribution in [0.15, 0.2) is 83.3 Å². The van der Waals surface area contributed by atoms with Crippen molar-refractivity contribution in [2.75, 3.05) is 19.2 Å². The van der Waals surface area contributed by atoms with Gasteiger partial charge in [0.05, 0.1) is 31.8 Å². The van der Waals surface area contributed by atoms with E-state index in [9.17, 15) is 4.39 Å². The lowest BCUT2D eigenvalue weighted by atomic mass is 10.1. The molecule has 4 rings (SSSR count). The van der Waals surface area contributed by atoms with E-state index < -0.39 is 0 Å². The molecule has 156 valence electrons. The molecule has 0 fully saturated rings. The Morgan fingerprint density at radius 2 is 1.68 bits per heavy atom. The highest BCUT2D eigenvalue weighted by atomic mass is 32.1. The summed E-state index contributed by atoms with van der Waals surface area (Å²) in [5, 5.41) is 9.06. The average molecular weight is 434 g/mol. The number of anilines is 2. The van der Waals surface area contributed by atoms with Gasteiger partial charge in [0, 0.05) is 10.9 Å². The van der Waals surface area contributed by atoms with E-state index in [1.54, 1.807) is 37.6 Å². The molecule has 0 aliphatic heterocycles. The lowest BCUT2D eigenvalue weighted by molar-refractivity contribution is 0.355. The minimum atomic E-state index is -0.281. The van der Waals surface area contributed by atoms with Crippen LogP contribution in [0.2, 0.25) is 0 Å². The van der Waals surface area contributed by atoms with Gasteiger partial charge in [-0.15, -0.1) is 11.3 Å². The molecule has 0 atom stereocenters. The van der Waals surface area contributed by atoms with Crippen LogP contribution < -0.4 is 14.5 Å². The molecule has 4 aromatic rings. The fourth-order valence-corrected chi connectivity index (χ4v) is 3.77. The van der Waals surface area contributed by atoms with Gasteiger partial charge < -0.3 is 9.47 Å². The first-order valence-electron chi connectivity index (χ1n) is 9.50. The molecule has 3 aromatic carbocycles. The first-order valence-corrected chi connectivity index (χ1v) is 10.4. The van der Waals surface area contributed by atoms with E-state index in [0.717, 1.165) is 22.5 Å². The van der Waals surface area contributed by atoms with Crippen LogP contribution in [-0.2, 0) is 0 Å². The van der Waals surface area contributed by atoms with Crippen molar-refractivity contribution in [2.24, 2.45) is 5.10 Å². The normalized spacial score (nSPS) is 10.9. The van der Waals surface area contributed by atoms with E-state index in [1.807, 2.05) is 53.9 Å². The topological polar surface area (TPSA) is 47.0 Å². The van der Waals surface area contributed by atoms with Crippen molar-refractivity contribution in [3.63, 3.8) is 0 Å². The lowest BCUT2D eigenvalue weighted by Gasteiger charge is -2.15. The maximum atomic E-state index is 13.2. The zero-order chi connectivity index (χ0) is 21.6. The molecule has 0 saturated carbocycles. The van der Waals surface area contributed by atoms with Crippen molar-refractivity contribution in [3.05, 3.63) is 89.6 Å². The van der Waals surface area contributed by atoms with E-state index in [4.69, 9.17) is 14.5 Å². The highest BCUT2D eigenvalue weighted by Crippen LogP contribution is 2.36. The molecular weight excluding hydrogens is 413 g/mol. The van der Waals surface area contributed by atoms with E-state index in [0.29, 0.717) is 16.6 Å². The standard InChI is InChI=1S/C24H20FN3O2S/c1-29-22-13-10-18(14-23(22)30-2)21-16-31-24(27-21)28(20-6-4-3-5-7-20)26-15-17-8-11-19(25)12-9-17/h3-16H,1-2H3/b26-15+. The largest absolute Gasteiger partial charge is 0.493 e. The van der Waals surface area contributed by atoms with Crippen LogP contribution in [0.5, 0.6) is 11.5 Å². The minimum absolute atomic E-state index is 0.281. The molecule has 0 saturated heterocycles. The fourth-order valence-electron chi connectivity index (χ4n) is 2.96. The number of ether oxygens (including phenoxy) is 2. The van der Waals surface area contributed by atoms with Crippen molar-refractivity contribution >= 4 is 28.4 Å². The Kier molecular flexibility index (Phi) is 6.24. The Bertz CT molecular complexity index is 1180. The Hall–Kier alpha value is -3.71. The number of hydrogen-bond acceptors (Lipinski definition) is 6. The number of rotatable bonds is 7. The van der Waals surface area contributed by atoms with E-state index >= 15 is 0 Å². The van der Waals surface area contributed by atoms with Gasteiger partial charge in [-0.25, -0.2) is 14.4 Å². The van der Waals surface area contributed by atoms with Gasteiger partial charge in [-0.2, -0.15) is 5.10 Å². The Balaban J connectivity index is 1.68. The summed E-state index contributed by atoms with van der Waals surface area (Å²) in [5.41, 5.74) is 3.38. The average Bonchev–Trinajstić information content (AvgIpc) is 3.30. The third kappa shape index (κ3) is 4.73. The number of hydrazone groups is 1. The third-order valence-corrected chi connectivity index (χ3v) is 5.36. The van der Waals surface area contributed by atoms with Gasteiger partial charge in [-0.1, -0.05) is 30.3 Å². The van der Waals surface area contributed by atoms with Crippen LogP contribution >= 0.6 is 11.3 Å². The Morgan fingerprint density at radius 3 is 2.39 bits per heavy atom. The first kappa shape index (κ1) is 20.6. The molecule has 0 amide bonds. The van der Waals surface area contributed by atoms with Gasteiger partial charge in [0.25, 0.3) is 0 Å². The number of halogens is 1. The molecule has 1 aromatic heterocycles. The van der Waals surface area contributed by atoms with Gasteiger partial charge in [-0.05, 0) is 48.0 Å². The smallest absolute Gasteiger partial charge is 0.211 e. The summed E-state index contributed by atoms with van der Waals surface area (Å²) in [6.45, 7) is 0. The third-order valence-electron chi connectivity index (χ3n) is 4.55. The van der Waals surface area contributed by atoms with Gasteiger partial charge in [0.2, 0.25) is 5.13 Å². The summed E-state index contributed by atoms with van der Waals surface area (Å²) in [5.74, 6) is 1.02. The summed E-state index contributed by atoms with van der Waals surface area (Å²) in [7, 11) is 3.21. The molecule has 31 heavy (non-hydrogen) atoms. The lowest BCUT2D eigenvalue weighted by Crippen LogP contribution is -2.09. The van der Waals surface area contributed by atoms with Crippen LogP contribution in [0.25, 0.3) is 11.3 Å². The highest BCUT2D eigenvalue weighted by molar-refractivity contribution is 7.14. The second-order valence-corrected chi connectivity index (χ2v) is 7.37. The van der Waals surface area contributed by atoms with Gasteiger partial charge in [0.1, 0.15) is 5.82 Å². The number of nitrogens with zero attached hydrogens (tertiary/aromatic N) is 3. The molecule has 5 nitrogen and oxygen atoms in total. The molecule has 0 bridgehead atoms. The molecule has 0 spiro atoms. The predicted molar refractivity (Wildman–Crippen MR) is 123 cm³/mol. The summed E-state index contributed by atoms with van der Waals surface area (Å²) in [6, 6.07) is 21.6. The zero-order valence-electron chi connectivity index (χ0n) is 17.0. The molecule has 1 heterocycles. The van der Waals surface area contributed by atoms with Crippen LogP contribution in [-0.4, -0.2) is 25.4 Å². The number of benzene rings is 3. The van der Waals surface area contributed by atoms with Crippen molar-refractivity contribution < 1.29 is 13.9 Å². The van der Waals surface area contributed by atoms with Crippen molar-refractivity contribution in [3.8, 4) is 22.8 Å². The maximum Gasteiger partial charge on any atom is 0.211 e. The second-order valence-electron chi connectivity index (χ2n) is 6.53. The number of aromatic nitrogens is 1. The monoisotopic (exact) mass is 433 g/mol. The molecule has 7 heteroatoms. The molecule has 0 radical (unpaired) electrons. The SMILES string of the molecule is COc1ccc(-c2csc(N(/N=C/c3ccc(F)cc3)c3ccccc3)n2)cc1OC. The fraction of sp³-hybridized carbons (Fsp3) is 0.0833. The maximum absolute atomic E-state index is 13.2. The van der Waals surface area contributed by atoms with E-state index in [-0.39, 0.29) is 5.82 Å². The first-order chi connectivity index (χ1) is 15.2. The van der Waals surface area contributed by atoms with Crippen LogP contribution in [0.3, 0.4) is 0 Å². The second kappa shape index (κ2) is 9.40. The van der Waals surface area contributed by atoms with E-state index in [2.05, 4.69) is 5.10 Å². The van der Waals surface area contributed by atoms with Crippen molar-refractivity contribution in [1.29, 1.82) is 0 Å². The highest BCUT2D eigenvalue weighted by Gasteiger charge is 2.15. The Morgan fingerprint density at radius 1 is 0.935 bits per heavy atom. The molecular formula is C24H20FN3O2S. The number of para-hydroxylation sites is 1. The molecule has 0 unspecified atom stereocenters. The van der Waals surface area contributed by atoms with E-state index in [1.165, 1.54) is 23.5 Å². The quantitative estimate of drug-likeness (QED) is 0.259. The Labute approximate surface area is 184 Å². The molecule has 0 aliphatic carbocycles. The van der Waals surface area contributed by atoms with Gasteiger partial charge in [0.15, 0.2) is 11.5 Å². The number of thiazole rings is 1. The minimum Gasteiger partial charge on any atom is -0.493 e. The van der Waals surface area contributed by atoms with Gasteiger partial charge in [-0.3, -0.25) is 0 Å². The van der Waals surface area contributed by atoms with Crippen molar-refractivity contribution in [1.82, 2.24) is 4.98 Å². The summed E-state index contributed by atoms with van der Waals surface area (Å²) >= 11 is 1.48. The summed E-state index contributed by atoms with van der Waals surface area (Å²) in [4.78, 5) is 4.79.